The highest BCUT2D eigenvalue weighted by molar-refractivity contribution is 9.10. The first-order valence-electron chi connectivity index (χ1n) is 6.46. The van der Waals surface area contributed by atoms with Gasteiger partial charge >= 0.3 is 10.7 Å². The van der Waals surface area contributed by atoms with Crippen LogP contribution in [0.25, 0.3) is 0 Å². The number of ether oxygens (including phenoxy) is 2. The number of alkyl halides is 1. The molecule has 1 unspecified atom stereocenters. The van der Waals surface area contributed by atoms with Gasteiger partial charge in [0.2, 0.25) is 5.78 Å². The van der Waals surface area contributed by atoms with Crippen molar-refractivity contribution in [3.05, 3.63) is 28.2 Å². The van der Waals surface area contributed by atoms with Gasteiger partial charge in [-0.25, -0.2) is 0 Å². The highest BCUT2D eigenvalue weighted by Crippen LogP contribution is 2.38. The van der Waals surface area contributed by atoms with E-state index in [1.54, 1.807) is 13.8 Å². The molecule has 1 aromatic carbocycles. The van der Waals surface area contributed by atoms with Crippen molar-refractivity contribution in [3.63, 3.8) is 0 Å². The molecule has 0 saturated carbocycles. The van der Waals surface area contributed by atoms with Crippen molar-refractivity contribution < 1.29 is 19.1 Å². The molecule has 0 N–H and O–H groups in total. The fraction of sp³-hybridized carbons (Fsp3) is 0.400. The van der Waals surface area contributed by atoms with Crippen molar-refractivity contribution in [2.75, 3.05) is 0 Å². The number of carbonyl (C=O) groups excluding carboxylic acids is 2. The summed E-state index contributed by atoms with van der Waals surface area (Å²) in [5.74, 6) is -1.28. The summed E-state index contributed by atoms with van der Waals surface area (Å²) in [7, 11) is 0. The summed E-state index contributed by atoms with van der Waals surface area (Å²) in [6.45, 7) is 4.23. The van der Waals surface area contributed by atoms with Gasteiger partial charge in [-0.15, -0.1) is 0 Å². The topological polar surface area (TPSA) is 76.4 Å². The number of rotatable bonds is 6. The predicted octanol–water partition coefficient (Wildman–Crippen LogP) is 4.49. The van der Waals surface area contributed by atoms with Gasteiger partial charge in [-0.1, -0.05) is 37.0 Å². The first-order chi connectivity index (χ1) is 10.5. The lowest BCUT2D eigenvalue weighted by Crippen LogP contribution is -2.49. The van der Waals surface area contributed by atoms with Gasteiger partial charge in [-0.3, -0.25) is 9.59 Å². The minimum absolute atomic E-state index is 0.0852. The minimum Gasteiger partial charge on any atom is -0.436 e. The summed E-state index contributed by atoms with van der Waals surface area (Å²) >= 11 is 14.9. The van der Waals surface area contributed by atoms with E-state index in [2.05, 4.69) is 15.9 Å². The zero-order valence-corrected chi connectivity index (χ0v) is 15.8. The molecule has 0 aromatic heterocycles. The Morgan fingerprint density at radius 1 is 1.35 bits per heavy atom. The highest BCUT2D eigenvalue weighted by Gasteiger charge is 2.49. The molecule has 124 valence electrons. The van der Waals surface area contributed by atoms with E-state index in [9.17, 15) is 9.59 Å². The molecule has 23 heavy (non-hydrogen) atoms. The Morgan fingerprint density at radius 2 is 1.96 bits per heavy atom. The van der Waals surface area contributed by atoms with Crippen molar-refractivity contribution in [3.8, 4) is 11.8 Å². The van der Waals surface area contributed by atoms with Gasteiger partial charge < -0.3 is 9.47 Å². The molecule has 0 radical (unpaired) electrons. The Morgan fingerprint density at radius 3 is 2.43 bits per heavy atom. The first-order valence-corrected chi connectivity index (χ1v) is 8.01. The van der Waals surface area contributed by atoms with Crippen LogP contribution in [0.2, 0.25) is 10.0 Å². The highest BCUT2D eigenvalue weighted by atomic mass is 79.9. The summed E-state index contributed by atoms with van der Waals surface area (Å²) in [6.07, 6.45) is -0.0852. The minimum atomic E-state index is -2.10. The van der Waals surface area contributed by atoms with Crippen LogP contribution in [0.5, 0.6) is 5.75 Å². The Labute approximate surface area is 152 Å². The molecule has 5 nitrogen and oxygen atoms in total. The average molecular weight is 423 g/mol. The van der Waals surface area contributed by atoms with Crippen LogP contribution in [-0.4, -0.2) is 16.4 Å². The van der Waals surface area contributed by atoms with Crippen LogP contribution >= 0.6 is 39.1 Å². The number of halogens is 3. The van der Waals surface area contributed by atoms with Crippen molar-refractivity contribution in [1.29, 1.82) is 5.26 Å². The van der Waals surface area contributed by atoms with Crippen LogP contribution in [-0.2, 0) is 14.3 Å². The zero-order chi connectivity index (χ0) is 17.8. The Bertz CT molecular complexity index is 672. The number of nitriles is 1. The van der Waals surface area contributed by atoms with Crippen LogP contribution in [0.3, 0.4) is 0 Å². The Hall–Kier alpha value is -1.29. The normalized spacial score (nSPS) is 13.6. The van der Waals surface area contributed by atoms with Crippen LogP contribution in [0.15, 0.2) is 18.2 Å². The molecule has 0 saturated heterocycles. The van der Waals surface area contributed by atoms with E-state index < -0.39 is 21.9 Å². The van der Waals surface area contributed by atoms with E-state index in [1.807, 2.05) is 6.07 Å². The molecule has 0 spiro atoms. The second kappa shape index (κ2) is 7.52. The summed E-state index contributed by atoms with van der Waals surface area (Å²) in [5.41, 5.74) is -1.12. The number of esters is 1. The molecule has 0 aliphatic rings. The molecule has 1 aromatic rings. The smallest absolute Gasteiger partial charge is 0.373 e. The predicted molar refractivity (Wildman–Crippen MR) is 89.5 cm³/mol. The summed E-state index contributed by atoms with van der Waals surface area (Å²) in [4.78, 5) is 24.1. The van der Waals surface area contributed by atoms with Crippen LogP contribution in [0.1, 0.15) is 27.2 Å². The molecule has 1 atom stereocenters. The largest absolute Gasteiger partial charge is 0.436 e. The maximum absolute atomic E-state index is 12.7. The lowest BCUT2D eigenvalue weighted by molar-refractivity contribution is -0.179. The number of hydrogen-bond donors (Lipinski definition) is 0. The quantitative estimate of drug-likeness (QED) is 0.383. The zero-order valence-electron chi connectivity index (χ0n) is 12.7. The van der Waals surface area contributed by atoms with Crippen molar-refractivity contribution in [2.24, 2.45) is 5.41 Å². The molecule has 0 amide bonds. The Balaban J connectivity index is 3.24. The van der Waals surface area contributed by atoms with Crippen LogP contribution < -0.4 is 4.74 Å². The molecular formula is C15H14BrCl2NO4. The maximum Gasteiger partial charge on any atom is 0.373 e. The molecular weight excluding hydrogens is 409 g/mol. The number of benzene rings is 1. The second-order valence-electron chi connectivity index (χ2n) is 5.35. The number of nitrogens with zero attached hydrogens (tertiary/aromatic N) is 1. The molecule has 0 bridgehead atoms. The third-order valence-electron chi connectivity index (χ3n) is 2.82. The summed E-state index contributed by atoms with van der Waals surface area (Å²) < 4.78 is 8.44. The third kappa shape index (κ3) is 5.10. The molecule has 0 fully saturated rings. The van der Waals surface area contributed by atoms with E-state index in [0.717, 1.165) is 6.92 Å². The van der Waals surface area contributed by atoms with E-state index in [1.165, 1.54) is 18.2 Å². The summed E-state index contributed by atoms with van der Waals surface area (Å²) in [5, 5.41) is 9.38. The molecule has 0 heterocycles. The maximum atomic E-state index is 12.7. The third-order valence-corrected chi connectivity index (χ3v) is 4.03. The summed E-state index contributed by atoms with van der Waals surface area (Å²) in [6, 6.07) is 6.28. The van der Waals surface area contributed by atoms with E-state index in [0.29, 0.717) is 5.02 Å². The van der Waals surface area contributed by atoms with Gasteiger partial charge in [0, 0.05) is 39.7 Å². The van der Waals surface area contributed by atoms with Gasteiger partial charge in [0.05, 0.1) is 11.1 Å². The SMILES string of the molecule is CC(=O)OC(Br)(Oc1ccc(Cl)cc1Cl)C(=O)C(C)(C)CC#N. The standard InChI is InChI=1S/C15H14BrCl2NO4/c1-9(20)22-15(16,13(21)14(2,3)6-7-19)23-12-5-4-10(17)8-11(12)18/h4-5,8H,6H2,1-3H3. The van der Waals surface area contributed by atoms with Crippen LogP contribution in [0, 0.1) is 16.7 Å². The monoisotopic (exact) mass is 421 g/mol. The lowest BCUT2D eigenvalue weighted by Gasteiger charge is -2.32. The Kier molecular flexibility index (Phi) is 6.46. The number of carbonyl (C=O) groups is 2. The van der Waals surface area contributed by atoms with Crippen molar-refractivity contribution in [1.82, 2.24) is 0 Å². The first kappa shape index (κ1) is 19.8. The van der Waals surface area contributed by atoms with Crippen molar-refractivity contribution in [2.45, 2.75) is 31.9 Å². The van der Waals surface area contributed by atoms with Gasteiger partial charge in [0.1, 0.15) is 5.75 Å². The van der Waals surface area contributed by atoms with Gasteiger partial charge in [0.25, 0.3) is 0 Å². The van der Waals surface area contributed by atoms with Crippen molar-refractivity contribution >= 4 is 50.9 Å². The van der Waals surface area contributed by atoms with E-state index in [4.69, 9.17) is 37.9 Å². The number of hydrogen-bond acceptors (Lipinski definition) is 5. The molecule has 0 aliphatic heterocycles. The van der Waals surface area contributed by atoms with Gasteiger partial charge in [-0.2, -0.15) is 5.26 Å². The van der Waals surface area contributed by atoms with Crippen LogP contribution in [0.4, 0.5) is 0 Å². The van der Waals surface area contributed by atoms with Gasteiger partial charge in [-0.05, 0) is 18.2 Å². The molecule has 1 rings (SSSR count). The molecule has 0 aliphatic carbocycles. The second-order valence-corrected chi connectivity index (χ2v) is 7.24. The number of ketones is 1. The average Bonchev–Trinajstić information content (AvgIpc) is 2.40. The van der Waals surface area contributed by atoms with E-state index >= 15 is 0 Å². The number of Topliss-reactive ketones (excluding diaryl/α,β-unsaturated/α-hetero) is 1. The molecule has 8 heteroatoms. The fourth-order valence-electron chi connectivity index (χ4n) is 1.68. The van der Waals surface area contributed by atoms with Gasteiger partial charge in [0.15, 0.2) is 0 Å². The van der Waals surface area contributed by atoms with E-state index in [-0.39, 0.29) is 17.2 Å². The lowest BCUT2D eigenvalue weighted by atomic mass is 9.84. The fourth-order valence-corrected chi connectivity index (χ4v) is 3.07.